The lowest BCUT2D eigenvalue weighted by Gasteiger charge is -2.30. The van der Waals surface area contributed by atoms with Crippen LogP contribution in [0, 0.1) is 5.92 Å². The van der Waals surface area contributed by atoms with Gasteiger partial charge < -0.3 is 10.3 Å². The minimum Gasteiger partial charge on any atom is -0.341 e. The zero-order valence-corrected chi connectivity index (χ0v) is 15.0. The van der Waals surface area contributed by atoms with Crippen molar-refractivity contribution >= 4 is 34.6 Å². The number of amides is 4. The molecule has 1 saturated heterocycles. The smallest absolute Gasteiger partial charge is 0.322 e. The van der Waals surface area contributed by atoms with Crippen molar-refractivity contribution in [3.8, 4) is 0 Å². The molecule has 3 aliphatic rings. The number of aromatic amines is 1. The Kier molecular flexibility index (Phi) is 3.54. The predicted molar refractivity (Wildman–Crippen MR) is 100 cm³/mol. The molecule has 4 amide bonds. The number of benzene rings is 1. The first-order valence-electron chi connectivity index (χ1n) is 9.62. The number of aromatic nitrogens is 1. The van der Waals surface area contributed by atoms with E-state index in [0.29, 0.717) is 13.0 Å². The van der Waals surface area contributed by atoms with E-state index in [9.17, 15) is 14.4 Å². The maximum Gasteiger partial charge on any atom is 0.322 e. The number of aryl methyl sites for hydroxylation is 1. The van der Waals surface area contributed by atoms with Gasteiger partial charge in [-0.3, -0.25) is 19.8 Å². The van der Waals surface area contributed by atoms with E-state index in [4.69, 9.17) is 0 Å². The first kappa shape index (κ1) is 16.4. The van der Waals surface area contributed by atoms with Crippen molar-refractivity contribution in [1.82, 2.24) is 15.6 Å². The van der Waals surface area contributed by atoms with Gasteiger partial charge in [-0.05, 0) is 44.1 Å². The molecule has 3 heterocycles. The molecule has 0 bridgehead atoms. The highest BCUT2D eigenvalue weighted by molar-refractivity contribution is 6.08. The Bertz CT molecular complexity index is 961. The van der Waals surface area contributed by atoms with Crippen LogP contribution in [0.3, 0.4) is 0 Å². The molecule has 2 fully saturated rings. The SMILES string of the molecule is O=C1NC(=O)C(CCC(=O)N2CCCc3c2[nH]c2ccccc32)(C2CC2)N1. The van der Waals surface area contributed by atoms with Crippen molar-refractivity contribution in [2.45, 2.75) is 44.1 Å². The number of urea groups is 1. The number of hydrogen-bond acceptors (Lipinski definition) is 3. The molecule has 2 aromatic rings. The van der Waals surface area contributed by atoms with E-state index in [2.05, 4.69) is 21.7 Å². The largest absolute Gasteiger partial charge is 0.341 e. The summed E-state index contributed by atoms with van der Waals surface area (Å²) in [6.45, 7) is 0.674. The number of carbonyl (C=O) groups is 3. The van der Waals surface area contributed by atoms with E-state index in [1.54, 1.807) is 0 Å². The normalized spacial score (nSPS) is 24.7. The van der Waals surface area contributed by atoms with Crippen LogP contribution in [0.1, 0.15) is 37.7 Å². The van der Waals surface area contributed by atoms with Gasteiger partial charge in [-0.15, -0.1) is 0 Å². The number of para-hydroxylation sites is 1. The maximum atomic E-state index is 13.0. The number of H-pyrrole nitrogens is 1. The Morgan fingerprint density at radius 3 is 2.78 bits per heavy atom. The van der Waals surface area contributed by atoms with Crippen LogP contribution in [-0.2, 0) is 16.0 Å². The lowest BCUT2D eigenvalue weighted by molar-refractivity contribution is -0.125. The highest BCUT2D eigenvalue weighted by Gasteiger charge is 2.55. The Labute approximate surface area is 156 Å². The third-order valence-electron chi connectivity index (χ3n) is 6.15. The molecule has 1 atom stereocenters. The van der Waals surface area contributed by atoms with Crippen LogP contribution in [0.25, 0.3) is 10.9 Å². The van der Waals surface area contributed by atoms with E-state index in [-0.39, 0.29) is 24.2 Å². The molecule has 2 aliphatic heterocycles. The van der Waals surface area contributed by atoms with E-state index >= 15 is 0 Å². The van der Waals surface area contributed by atoms with Gasteiger partial charge in [0.05, 0.1) is 0 Å². The monoisotopic (exact) mass is 366 g/mol. The van der Waals surface area contributed by atoms with Gasteiger partial charge in [0, 0.05) is 29.4 Å². The van der Waals surface area contributed by atoms with E-state index in [1.807, 2.05) is 23.1 Å². The van der Waals surface area contributed by atoms with Crippen molar-refractivity contribution in [3.05, 3.63) is 29.8 Å². The Hall–Kier alpha value is -2.83. The number of hydrogen-bond donors (Lipinski definition) is 3. The predicted octanol–water partition coefficient (Wildman–Crippen LogP) is 2.22. The summed E-state index contributed by atoms with van der Waals surface area (Å²) in [7, 11) is 0. The van der Waals surface area contributed by atoms with Gasteiger partial charge >= 0.3 is 6.03 Å². The van der Waals surface area contributed by atoms with Crippen molar-refractivity contribution in [1.29, 1.82) is 0 Å². The van der Waals surface area contributed by atoms with E-state index in [1.165, 1.54) is 10.9 Å². The lowest BCUT2D eigenvalue weighted by Crippen LogP contribution is -2.50. The van der Waals surface area contributed by atoms with Crippen LogP contribution in [0.5, 0.6) is 0 Å². The molecule has 27 heavy (non-hydrogen) atoms. The number of rotatable bonds is 4. The van der Waals surface area contributed by atoms with Crippen LogP contribution in [0.2, 0.25) is 0 Å². The molecule has 0 spiro atoms. The maximum absolute atomic E-state index is 13.0. The molecule has 1 unspecified atom stereocenters. The van der Waals surface area contributed by atoms with Crippen molar-refractivity contribution in [2.24, 2.45) is 5.92 Å². The summed E-state index contributed by atoms with van der Waals surface area (Å²) in [5.74, 6) is 0.735. The molecule has 140 valence electrons. The topological polar surface area (TPSA) is 94.3 Å². The fraction of sp³-hybridized carbons (Fsp3) is 0.450. The van der Waals surface area contributed by atoms with Gasteiger partial charge in [-0.1, -0.05) is 18.2 Å². The van der Waals surface area contributed by atoms with Gasteiger partial charge in [-0.25, -0.2) is 4.79 Å². The standard InChI is InChI=1S/C20H22N4O3/c25-16(9-10-20(12-7-8-12)18(26)22-19(27)23-20)24-11-3-5-14-13-4-1-2-6-15(13)21-17(14)24/h1-2,4,6,12,21H,3,5,7-11H2,(H2,22,23,26,27). The second kappa shape index (κ2) is 5.84. The van der Waals surface area contributed by atoms with Crippen LogP contribution < -0.4 is 15.5 Å². The highest BCUT2D eigenvalue weighted by Crippen LogP contribution is 2.44. The van der Waals surface area contributed by atoms with E-state index in [0.717, 1.165) is 37.0 Å². The van der Waals surface area contributed by atoms with E-state index < -0.39 is 11.6 Å². The second-order valence-electron chi connectivity index (χ2n) is 7.80. The fourth-order valence-corrected chi connectivity index (χ4v) is 4.63. The summed E-state index contributed by atoms with van der Waals surface area (Å²) >= 11 is 0. The van der Waals surface area contributed by atoms with Crippen LogP contribution in [0.4, 0.5) is 10.6 Å². The first-order valence-corrected chi connectivity index (χ1v) is 9.62. The molecule has 7 nitrogen and oxygen atoms in total. The fourth-order valence-electron chi connectivity index (χ4n) is 4.63. The van der Waals surface area contributed by atoms with Crippen molar-refractivity contribution < 1.29 is 14.4 Å². The summed E-state index contributed by atoms with van der Waals surface area (Å²) in [5.41, 5.74) is 1.32. The number of fused-ring (bicyclic) bond motifs is 3. The Balaban J connectivity index is 1.38. The average Bonchev–Trinajstić information content (AvgIpc) is 3.39. The summed E-state index contributed by atoms with van der Waals surface area (Å²) < 4.78 is 0. The molecule has 3 N–H and O–H groups in total. The number of anilines is 1. The minimum atomic E-state index is -0.911. The van der Waals surface area contributed by atoms with Crippen molar-refractivity contribution in [2.75, 3.05) is 11.4 Å². The Morgan fingerprint density at radius 1 is 1.22 bits per heavy atom. The van der Waals surface area contributed by atoms with Gasteiger partial charge in [0.25, 0.3) is 5.91 Å². The zero-order valence-electron chi connectivity index (χ0n) is 15.0. The van der Waals surface area contributed by atoms with Crippen LogP contribution >= 0.6 is 0 Å². The molecule has 1 saturated carbocycles. The summed E-state index contributed by atoms with van der Waals surface area (Å²) in [6.07, 6.45) is 4.29. The summed E-state index contributed by atoms with van der Waals surface area (Å²) in [6, 6.07) is 7.65. The third-order valence-corrected chi connectivity index (χ3v) is 6.15. The molecular formula is C20H22N4O3. The van der Waals surface area contributed by atoms with Gasteiger partial charge in [0.15, 0.2) is 0 Å². The number of carbonyl (C=O) groups excluding carboxylic acids is 3. The number of nitrogens with zero attached hydrogens (tertiary/aromatic N) is 1. The number of nitrogens with one attached hydrogen (secondary N) is 3. The summed E-state index contributed by atoms with van der Waals surface area (Å²) in [5, 5.41) is 6.31. The third kappa shape index (κ3) is 2.52. The molecule has 1 aromatic heterocycles. The molecule has 0 radical (unpaired) electrons. The summed E-state index contributed by atoms with van der Waals surface area (Å²) in [4.78, 5) is 42.3. The molecule has 7 heteroatoms. The lowest BCUT2D eigenvalue weighted by atomic mass is 9.87. The molecule has 1 aliphatic carbocycles. The molecular weight excluding hydrogens is 344 g/mol. The quantitative estimate of drug-likeness (QED) is 0.724. The van der Waals surface area contributed by atoms with Gasteiger partial charge in [0.1, 0.15) is 11.4 Å². The van der Waals surface area contributed by atoms with Crippen LogP contribution in [-0.4, -0.2) is 34.9 Å². The minimum absolute atomic E-state index is 0.00326. The zero-order chi connectivity index (χ0) is 18.6. The Morgan fingerprint density at radius 2 is 2.04 bits per heavy atom. The first-order chi connectivity index (χ1) is 13.1. The van der Waals surface area contributed by atoms with Gasteiger partial charge in [0.2, 0.25) is 5.91 Å². The molecule has 1 aromatic carbocycles. The highest BCUT2D eigenvalue weighted by atomic mass is 16.2. The molecule has 5 rings (SSSR count). The van der Waals surface area contributed by atoms with Crippen molar-refractivity contribution in [3.63, 3.8) is 0 Å². The van der Waals surface area contributed by atoms with Crippen LogP contribution in [0.15, 0.2) is 24.3 Å². The number of imide groups is 1. The van der Waals surface area contributed by atoms with Gasteiger partial charge in [-0.2, -0.15) is 0 Å². The second-order valence-corrected chi connectivity index (χ2v) is 7.80. The average molecular weight is 366 g/mol.